The van der Waals surface area contributed by atoms with Crippen molar-refractivity contribution in [2.45, 2.75) is 25.6 Å². The average molecular weight is 535 g/mol. The molecule has 10 heteroatoms. The van der Waals surface area contributed by atoms with Crippen molar-refractivity contribution >= 4 is 28.8 Å². The summed E-state index contributed by atoms with van der Waals surface area (Å²) in [4.78, 5) is 18.9. The number of alkyl halides is 3. The molecule has 2 amide bonds. The molecule has 2 heterocycles. The van der Waals surface area contributed by atoms with Gasteiger partial charge in [-0.15, -0.1) is 13.2 Å². The van der Waals surface area contributed by atoms with Gasteiger partial charge in [-0.25, -0.2) is 4.79 Å². The number of hydrogen-bond acceptors (Lipinski definition) is 5. The molecule has 0 radical (unpaired) electrons. The number of fused-ring (bicyclic) bond motifs is 1. The molecule has 1 aliphatic heterocycles. The molecule has 0 fully saturated rings. The van der Waals surface area contributed by atoms with E-state index in [9.17, 15) is 23.1 Å². The van der Waals surface area contributed by atoms with Gasteiger partial charge < -0.3 is 25.4 Å². The van der Waals surface area contributed by atoms with E-state index in [1.54, 1.807) is 30.6 Å². The van der Waals surface area contributed by atoms with Gasteiger partial charge in [-0.05, 0) is 71.3 Å². The number of hydrogen-bond donors (Lipinski definition) is 3. The number of phenolic OH excluding ortho intramolecular Hbond substituents is 1. The van der Waals surface area contributed by atoms with Crippen molar-refractivity contribution in [3.05, 3.63) is 90.8 Å². The summed E-state index contributed by atoms with van der Waals surface area (Å²) < 4.78 is 41.1. The largest absolute Gasteiger partial charge is 0.573 e. The second kappa shape index (κ2) is 9.86. The number of halogens is 3. The van der Waals surface area contributed by atoms with Crippen LogP contribution >= 0.6 is 0 Å². The van der Waals surface area contributed by atoms with Gasteiger partial charge in [-0.3, -0.25) is 4.98 Å². The summed E-state index contributed by atoms with van der Waals surface area (Å²) in [5, 5.41) is 16.4. The highest BCUT2D eigenvalue weighted by Gasteiger charge is 2.40. The predicted octanol–water partition coefficient (Wildman–Crippen LogP) is 7.43. The lowest BCUT2D eigenvalue weighted by Gasteiger charge is -2.25. The zero-order chi connectivity index (χ0) is 27.8. The molecule has 0 unspecified atom stereocenters. The second-order valence-electron chi connectivity index (χ2n) is 9.73. The number of nitrogens with one attached hydrogen (secondary N) is 2. The summed E-state index contributed by atoms with van der Waals surface area (Å²) >= 11 is 0. The highest BCUT2D eigenvalue weighted by Crippen LogP contribution is 2.53. The monoisotopic (exact) mass is 534 g/mol. The summed E-state index contributed by atoms with van der Waals surface area (Å²) in [7, 11) is 0. The molecule has 0 saturated carbocycles. The Bertz CT molecular complexity index is 1510. The van der Waals surface area contributed by atoms with Gasteiger partial charge in [0.1, 0.15) is 11.5 Å². The molecule has 7 nitrogen and oxygen atoms in total. The van der Waals surface area contributed by atoms with E-state index in [2.05, 4.69) is 34.2 Å². The molecule has 0 bridgehead atoms. The molecule has 1 aromatic heterocycles. The smallest absolute Gasteiger partial charge is 0.506 e. The molecular weight excluding hydrogens is 509 g/mol. The lowest BCUT2D eigenvalue weighted by Crippen LogP contribution is -2.27. The number of urea groups is 1. The van der Waals surface area contributed by atoms with Gasteiger partial charge in [0.2, 0.25) is 0 Å². The van der Waals surface area contributed by atoms with Crippen molar-refractivity contribution in [1.29, 1.82) is 0 Å². The first-order valence-corrected chi connectivity index (χ1v) is 12.1. The molecule has 0 spiro atoms. The van der Waals surface area contributed by atoms with Gasteiger partial charge in [0.25, 0.3) is 0 Å². The van der Waals surface area contributed by atoms with Crippen LogP contribution in [0.4, 0.5) is 40.7 Å². The molecule has 4 aromatic rings. The van der Waals surface area contributed by atoms with Crippen LogP contribution in [-0.2, 0) is 5.41 Å². The van der Waals surface area contributed by atoms with E-state index in [-0.39, 0.29) is 22.6 Å². The minimum absolute atomic E-state index is 0.119. The maximum absolute atomic E-state index is 12.8. The molecule has 5 rings (SSSR count). The fourth-order valence-electron chi connectivity index (χ4n) is 4.91. The quantitative estimate of drug-likeness (QED) is 0.248. The molecule has 1 aliphatic rings. The van der Waals surface area contributed by atoms with Crippen LogP contribution in [0.2, 0.25) is 0 Å². The Morgan fingerprint density at radius 1 is 0.974 bits per heavy atom. The van der Waals surface area contributed by atoms with E-state index in [0.717, 1.165) is 28.8 Å². The van der Waals surface area contributed by atoms with Crippen LogP contribution in [-0.4, -0.2) is 29.0 Å². The third-order valence-corrected chi connectivity index (χ3v) is 6.44. The van der Waals surface area contributed by atoms with Crippen molar-refractivity contribution in [2.24, 2.45) is 0 Å². The minimum atomic E-state index is -4.80. The molecule has 3 aromatic carbocycles. The van der Waals surface area contributed by atoms with E-state index >= 15 is 0 Å². The maximum atomic E-state index is 12.8. The van der Waals surface area contributed by atoms with Gasteiger partial charge in [-0.2, -0.15) is 0 Å². The van der Waals surface area contributed by atoms with E-state index in [1.807, 2.05) is 35.2 Å². The number of carbonyl (C=O) groups excluding carboxylic acids is 1. The van der Waals surface area contributed by atoms with Crippen molar-refractivity contribution < 1.29 is 27.8 Å². The number of phenols is 1. The number of amides is 2. The molecule has 39 heavy (non-hydrogen) atoms. The topological polar surface area (TPSA) is 86.7 Å². The zero-order valence-corrected chi connectivity index (χ0v) is 21.1. The Hall–Kier alpha value is -4.73. The standard InChI is InChI=1S/C29H25F3N4O3/c1-28(2)17-36(26-24(37)12-11-21(25(26)28)18-13-15-33-16-14-18)23-6-4-3-5-22(23)35-27(38)34-19-7-9-20(10-8-19)39-29(30,31)32/h3-16,37H,17H2,1-2H3,(H2,34,35,38). The second-order valence-corrected chi connectivity index (χ2v) is 9.73. The Morgan fingerprint density at radius 2 is 1.67 bits per heavy atom. The van der Waals surface area contributed by atoms with Crippen LogP contribution in [0.1, 0.15) is 19.4 Å². The SMILES string of the molecule is CC1(C)CN(c2ccccc2NC(=O)Nc2ccc(OC(F)(F)F)cc2)c2c(O)ccc(-c3ccncc3)c21. The van der Waals surface area contributed by atoms with Crippen LogP contribution < -0.4 is 20.3 Å². The van der Waals surface area contributed by atoms with Crippen LogP contribution in [0.25, 0.3) is 11.1 Å². The molecule has 0 atom stereocenters. The summed E-state index contributed by atoms with van der Waals surface area (Å²) in [6.07, 6.45) is -1.35. The Labute approximate surface area is 222 Å². The molecule has 200 valence electrons. The zero-order valence-electron chi connectivity index (χ0n) is 21.1. The highest BCUT2D eigenvalue weighted by atomic mass is 19.4. The average Bonchev–Trinajstić information content (AvgIpc) is 3.17. The predicted molar refractivity (Wildman–Crippen MR) is 144 cm³/mol. The number of ether oxygens (including phenoxy) is 1. The van der Waals surface area contributed by atoms with Gasteiger partial charge in [0, 0.05) is 30.0 Å². The number of rotatable bonds is 5. The van der Waals surface area contributed by atoms with E-state index in [0.29, 0.717) is 23.6 Å². The van der Waals surface area contributed by atoms with Crippen LogP contribution in [0.15, 0.2) is 85.2 Å². The molecule has 0 aliphatic carbocycles. The fourth-order valence-corrected chi connectivity index (χ4v) is 4.91. The van der Waals surface area contributed by atoms with Crippen LogP contribution in [0.5, 0.6) is 11.5 Å². The van der Waals surface area contributed by atoms with Gasteiger partial charge in [0.15, 0.2) is 0 Å². The number of anilines is 4. The number of pyridine rings is 1. The van der Waals surface area contributed by atoms with Crippen molar-refractivity contribution in [3.63, 3.8) is 0 Å². The van der Waals surface area contributed by atoms with E-state index in [4.69, 9.17) is 0 Å². The molecular formula is C29H25F3N4O3. The number of aromatic hydroxyl groups is 1. The normalized spacial score (nSPS) is 14.0. The number of benzene rings is 3. The first-order valence-electron chi connectivity index (χ1n) is 12.1. The van der Waals surface area contributed by atoms with Gasteiger partial charge in [-0.1, -0.05) is 32.0 Å². The highest BCUT2D eigenvalue weighted by molar-refractivity contribution is 6.03. The van der Waals surface area contributed by atoms with Crippen molar-refractivity contribution in [1.82, 2.24) is 4.98 Å². The number of carbonyl (C=O) groups is 1. The van der Waals surface area contributed by atoms with E-state index in [1.165, 1.54) is 12.1 Å². The first-order chi connectivity index (χ1) is 18.5. The summed E-state index contributed by atoms with van der Waals surface area (Å²) in [5.74, 6) is -0.270. The van der Waals surface area contributed by atoms with E-state index < -0.39 is 12.4 Å². The number of nitrogens with zero attached hydrogens (tertiary/aromatic N) is 2. The minimum Gasteiger partial charge on any atom is -0.506 e. The fraction of sp³-hybridized carbons (Fsp3) is 0.172. The lowest BCUT2D eigenvalue weighted by molar-refractivity contribution is -0.274. The third-order valence-electron chi connectivity index (χ3n) is 6.44. The Morgan fingerprint density at radius 3 is 2.36 bits per heavy atom. The Kier molecular flexibility index (Phi) is 6.55. The van der Waals surface area contributed by atoms with Crippen LogP contribution in [0, 0.1) is 0 Å². The number of aromatic nitrogens is 1. The first kappa shape index (κ1) is 25.9. The number of para-hydroxylation sites is 2. The van der Waals surface area contributed by atoms with Crippen LogP contribution in [0.3, 0.4) is 0 Å². The molecule has 0 saturated heterocycles. The summed E-state index contributed by atoms with van der Waals surface area (Å²) in [5.41, 5.74) is 4.71. The summed E-state index contributed by atoms with van der Waals surface area (Å²) in [6.45, 7) is 4.74. The third kappa shape index (κ3) is 5.45. The van der Waals surface area contributed by atoms with Gasteiger partial charge >= 0.3 is 12.4 Å². The van der Waals surface area contributed by atoms with Crippen molar-refractivity contribution in [3.8, 4) is 22.6 Å². The van der Waals surface area contributed by atoms with Gasteiger partial charge in [0.05, 0.1) is 17.1 Å². The van der Waals surface area contributed by atoms with Crippen molar-refractivity contribution in [2.75, 3.05) is 22.1 Å². The Balaban J connectivity index is 1.43. The summed E-state index contributed by atoms with van der Waals surface area (Å²) in [6, 6.07) is 18.9. The maximum Gasteiger partial charge on any atom is 0.573 e. The lowest BCUT2D eigenvalue weighted by atomic mass is 9.82. The molecule has 3 N–H and O–H groups in total.